The fraction of sp³-hybridized carbons (Fsp3) is 1.00. The molecule has 2 nitrogen and oxygen atoms in total. The zero-order valence-electron chi connectivity index (χ0n) is 5.43. The Labute approximate surface area is 68.7 Å². The normalized spacial score (nSPS) is 45.0. The molecule has 54 valence electrons. The van der Waals surface area contributed by atoms with Crippen molar-refractivity contribution in [2.24, 2.45) is 0 Å². The molecule has 0 amide bonds. The lowest BCUT2D eigenvalue weighted by Crippen LogP contribution is -2.33. The second-order valence-corrected chi connectivity index (χ2v) is 5.30. The molecule has 1 saturated heterocycles. The van der Waals surface area contributed by atoms with Gasteiger partial charge >= 0.3 is 0 Å². The summed E-state index contributed by atoms with van der Waals surface area (Å²) in [6.07, 6.45) is 1.28. The van der Waals surface area contributed by atoms with Gasteiger partial charge in [-0.25, -0.2) is 0 Å². The highest BCUT2D eigenvalue weighted by Gasteiger charge is 2.28. The fourth-order valence-electron chi connectivity index (χ4n) is 0.933. The van der Waals surface area contributed by atoms with Gasteiger partial charge in [0.2, 0.25) is 0 Å². The molecule has 1 heterocycles. The maximum absolute atomic E-state index is 9.02. The molecule has 1 rings (SSSR count). The molecule has 0 bridgehead atoms. The van der Waals surface area contributed by atoms with Crippen LogP contribution in [0.5, 0.6) is 0 Å². The van der Waals surface area contributed by atoms with Gasteiger partial charge in [-0.05, 0) is 6.42 Å². The maximum atomic E-state index is 9.02. The summed E-state index contributed by atoms with van der Waals surface area (Å²) in [5.41, 5.74) is 0. The van der Waals surface area contributed by atoms with E-state index in [0.29, 0.717) is 6.61 Å². The highest BCUT2D eigenvalue weighted by Crippen LogP contribution is 2.31. The van der Waals surface area contributed by atoms with Crippen molar-refractivity contribution in [3.63, 3.8) is 0 Å². The van der Waals surface area contributed by atoms with Crippen molar-refractivity contribution in [2.75, 3.05) is 6.61 Å². The first kappa shape index (κ1) is 7.75. The van der Waals surface area contributed by atoms with E-state index in [9.17, 15) is 0 Å². The van der Waals surface area contributed by atoms with E-state index in [1.165, 1.54) is 0 Å². The molecule has 1 fully saturated rings. The molecule has 1 unspecified atom stereocenters. The fourth-order valence-corrected chi connectivity index (χ4v) is 1.53. The van der Waals surface area contributed by atoms with Crippen LogP contribution in [0.4, 0.5) is 0 Å². The first-order valence-electron chi connectivity index (χ1n) is 3.09. The number of alkyl halides is 1. The van der Waals surface area contributed by atoms with Gasteiger partial charge in [-0.1, -0.05) is 29.5 Å². The van der Waals surface area contributed by atoms with Gasteiger partial charge in [0.15, 0.2) is 6.29 Å². The second kappa shape index (κ2) is 2.72. The van der Waals surface area contributed by atoms with E-state index in [2.05, 4.69) is 29.5 Å². The summed E-state index contributed by atoms with van der Waals surface area (Å²) in [7, 11) is 0. The van der Waals surface area contributed by atoms with E-state index in [1.54, 1.807) is 0 Å². The third-order valence-electron chi connectivity index (χ3n) is 1.53. The topological polar surface area (TPSA) is 29.5 Å². The Balaban J connectivity index is 2.41. The van der Waals surface area contributed by atoms with E-state index in [0.717, 1.165) is 12.8 Å². The van der Waals surface area contributed by atoms with Crippen LogP contribution in [0, 0.1) is 0 Å². The van der Waals surface area contributed by atoms with Gasteiger partial charge in [-0.2, -0.15) is 0 Å². The van der Waals surface area contributed by atoms with E-state index in [-0.39, 0.29) is 3.42 Å². The lowest BCUT2D eigenvalue weighted by Gasteiger charge is -2.30. The van der Waals surface area contributed by atoms with Crippen molar-refractivity contribution < 1.29 is 9.84 Å². The largest absolute Gasteiger partial charge is 0.368 e. The van der Waals surface area contributed by atoms with Crippen LogP contribution in [-0.2, 0) is 4.74 Å². The minimum atomic E-state index is -0.527. The smallest absolute Gasteiger partial charge is 0.155 e. The molecule has 0 saturated carbocycles. The van der Waals surface area contributed by atoms with E-state index in [4.69, 9.17) is 9.84 Å². The van der Waals surface area contributed by atoms with Crippen LogP contribution >= 0.6 is 22.6 Å². The van der Waals surface area contributed by atoms with Crippen LogP contribution in [0.1, 0.15) is 19.8 Å². The highest BCUT2D eigenvalue weighted by molar-refractivity contribution is 14.1. The predicted molar refractivity (Wildman–Crippen MR) is 43.6 cm³/mol. The van der Waals surface area contributed by atoms with Crippen LogP contribution < -0.4 is 0 Å². The summed E-state index contributed by atoms with van der Waals surface area (Å²) in [5.74, 6) is 0. The second-order valence-electron chi connectivity index (χ2n) is 2.69. The molecule has 9 heavy (non-hydrogen) atoms. The summed E-state index contributed by atoms with van der Waals surface area (Å²) < 4.78 is 5.21. The zero-order valence-corrected chi connectivity index (χ0v) is 7.59. The Bertz CT molecular complexity index is 103. The van der Waals surface area contributed by atoms with Crippen molar-refractivity contribution in [3.05, 3.63) is 0 Å². The van der Waals surface area contributed by atoms with E-state index >= 15 is 0 Å². The summed E-state index contributed by atoms with van der Waals surface area (Å²) in [6, 6.07) is 0. The molecule has 0 aromatic heterocycles. The Morgan fingerprint density at radius 3 is 2.78 bits per heavy atom. The molecule has 0 aromatic carbocycles. The van der Waals surface area contributed by atoms with Gasteiger partial charge in [-0.15, -0.1) is 0 Å². The lowest BCUT2D eigenvalue weighted by molar-refractivity contribution is -0.128. The van der Waals surface area contributed by atoms with Crippen molar-refractivity contribution >= 4 is 22.6 Å². The molecule has 0 aromatic rings. The van der Waals surface area contributed by atoms with Gasteiger partial charge in [-0.3, -0.25) is 0 Å². The van der Waals surface area contributed by atoms with E-state index < -0.39 is 6.29 Å². The number of halogens is 1. The Morgan fingerprint density at radius 1 is 1.78 bits per heavy atom. The number of hydrogen-bond acceptors (Lipinski definition) is 2. The SMILES string of the molecule is CC1(I)CCO[C@H](O)C1. The summed E-state index contributed by atoms with van der Waals surface area (Å²) in [6.45, 7) is 2.83. The van der Waals surface area contributed by atoms with Crippen molar-refractivity contribution in [3.8, 4) is 0 Å². The molecule has 1 aliphatic heterocycles. The first-order chi connectivity index (χ1) is 4.10. The Morgan fingerprint density at radius 2 is 2.44 bits per heavy atom. The van der Waals surface area contributed by atoms with Crippen LogP contribution in [0.2, 0.25) is 0 Å². The van der Waals surface area contributed by atoms with Crippen LogP contribution in [0.15, 0.2) is 0 Å². The summed E-state index contributed by atoms with van der Waals surface area (Å²) in [4.78, 5) is 0. The monoisotopic (exact) mass is 242 g/mol. The van der Waals surface area contributed by atoms with Crippen LogP contribution in [0.25, 0.3) is 0 Å². The van der Waals surface area contributed by atoms with Gasteiger partial charge in [0.05, 0.1) is 6.61 Å². The Hall–Kier alpha value is 0.650. The average Bonchev–Trinajstić information content (AvgIpc) is 1.60. The first-order valence-corrected chi connectivity index (χ1v) is 4.17. The molecule has 2 atom stereocenters. The molecular formula is C6H11IO2. The standard InChI is InChI=1S/C6H11IO2/c1-6(7)2-3-9-5(8)4-6/h5,8H,2-4H2,1H3/t5-,6?/m0/s1. The number of ether oxygens (including phenoxy) is 1. The average molecular weight is 242 g/mol. The number of rotatable bonds is 0. The van der Waals surface area contributed by atoms with Gasteiger partial charge in [0.1, 0.15) is 0 Å². The number of aliphatic hydroxyl groups is 1. The van der Waals surface area contributed by atoms with Crippen molar-refractivity contribution in [1.29, 1.82) is 0 Å². The molecule has 3 heteroatoms. The van der Waals surface area contributed by atoms with Gasteiger partial charge in [0, 0.05) is 9.84 Å². The van der Waals surface area contributed by atoms with E-state index in [1.807, 2.05) is 0 Å². The van der Waals surface area contributed by atoms with Gasteiger partial charge < -0.3 is 9.84 Å². The zero-order chi connectivity index (χ0) is 6.91. The quantitative estimate of drug-likeness (QED) is 0.512. The molecule has 0 aliphatic carbocycles. The third kappa shape index (κ3) is 2.39. The minimum Gasteiger partial charge on any atom is -0.368 e. The molecule has 0 spiro atoms. The lowest BCUT2D eigenvalue weighted by atomic mass is 10.0. The molecule has 1 aliphatic rings. The van der Waals surface area contributed by atoms with Crippen LogP contribution in [0.3, 0.4) is 0 Å². The maximum Gasteiger partial charge on any atom is 0.155 e. The molecule has 1 N–H and O–H groups in total. The highest BCUT2D eigenvalue weighted by atomic mass is 127. The molecular weight excluding hydrogens is 231 g/mol. The number of hydrogen-bond donors (Lipinski definition) is 1. The van der Waals surface area contributed by atoms with Crippen molar-refractivity contribution in [1.82, 2.24) is 0 Å². The van der Waals surface area contributed by atoms with Crippen molar-refractivity contribution in [2.45, 2.75) is 29.5 Å². The predicted octanol–water partition coefficient (Wildman–Crippen LogP) is 1.31. The van der Waals surface area contributed by atoms with Gasteiger partial charge in [0.25, 0.3) is 0 Å². The van der Waals surface area contributed by atoms with Crippen LogP contribution in [-0.4, -0.2) is 21.4 Å². The summed E-state index contributed by atoms with van der Waals surface area (Å²) >= 11 is 2.37. The third-order valence-corrected chi connectivity index (χ3v) is 2.51. The summed E-state index contributed by atoms with van der Waals surface area (Å²) in [5, 5.41) is 9.02. The number of aliphatic hydroxyl groups excluding tert-OH is 1. The minimum absolute atomic E-state index is 0.245. The molecule has 0 radical (unpaired) electrons. The Kier molecular flexibility index (Phi) is 2.34.